The van der Waals surface area contributed by atoms with Gasteiger partial charge in [0, 0.05) is 51.3 Å². The molecule has 0 spiro atoms. The molecule has 28 heavy (non-hydrogen) atoms. The average molecular weight is 385 g/mol. The van der Waals surface area contributed by atoms with E-state index in [1.165, 1.54) is 0 Å². The molecule has 1 saturated heterocycles. The topological polar surface area (TPSA) is 92.4 Å². The quantitative estimate of drug-likeness (QED) is 0.722. The Bertz CT molecular complexity index is 805. The van der Waals surface area contributed by atoms with Crippen LogP contribution in [-0.4, -0.2) is 62.4 Å². The summed E-state index contributed by atoms with van der Waals surface area (Å²) >= 11 is 0. The predicted octanol–water partition coefficient (Wildman–Crippen LogP) is 1.82. The van der Waals surface area contributed by atoms with E-state index in [1.54, 1.807) is 19.3 Å². The van der Waals surface area contributed by atoms with Crippen molar-refractivity contribution in [1.29, 1.82) is 0 Å². The molecule has 0 aromatic carbocycles. The van der Waals surface area contributed by atoms with Crippen molar-refractivity contribution in [3.05, 3.63) is 41.8 Å². The van der Waals surface area contributed by atoms with Crippen molar-refractivity contribution in [2.24, 2.45) is 0 Å². The van der Waals surface area contributed by atoms with Gasteiger partial charge in [0.2, 0.25) is 17.7 Å². The fourth-order valence-electron chi connectivity index (χ4n) is 3.43. The second kappa shape index (κ2) is 8.95. The second-order valence-corrected chi connectivity index (χ2v) is 7.49. The Morgan fingerprint density at radius 3 is 2.86 bits per heavy atom. The van der Waals surface area contributed by atoms with E-state index in [-0.39, 0.29) is 23.8 Å². The zero-order chi connectivity index (χ0) is 20.1. The molecular formula is C20H27N5O3. The van der Waals surface area contributed by atoms with Gasteiger partial charge in [0.1, 0.15) is 0 Å². The summed E-state index contributed by atoms with van der Waals surface area (Å²) < 4.78 is 5.23. The lowest BCUT2D eigenvalue weighted by Crippen LogP contribution is -2.43. The van der Waals surface area contributed by atoms with Crippen molar-refractivity contribution >= 4 is 11.8 Å². The van der Waals surface area contributed by atoms with Crippen LogP contribution in [0.4, 0.5) is 0 Å². The maximum Gasteiger partial charge on any atom is 0.229 e. The van der Waals surface area contributed by atoms with E-state index in [9.17, 15) is 9.59 Å². The van der Waals surface area contributed by atoms with Gasteiger partial charge in [-0.1, -0.05) is 25.1 Å². The number of hydrogen-bond donors (Lipinski definition) is 0. The van der Waals surface area contributed by atoms with Gasteiger partial charge in [0.25, 0.3) is 0 Å². The minimum Gasteiger partial charge on any atom is -0.340 e. The number of amides is 2. The van der Waals surface area contributed by atoms with Gasteiger partial charge in [-0.3, -0.25) is 14.6 Å². The molecule has 0 bridgehead atoms. The number of rotatable bonds is 7. The van der Waals surface area contributed by atoms with E-state index in [2.05, 4.69) is 15.1 Å². The lowest BCUT2D eigenvalue weighted by atomic mass is 10.2. The Hall–Kier alpha value is -2.77. The number of carbonyl (C=O) groups is 2. The van der Waals surface area contributed by atoms with Crippen LogP contribution in [0.3, 0.4) is 0 Å². The molecule has 3 heterocycles. The van der Waals surface area contributed by atoms with Gasteiger partial charge in [-0.15, -0.1) is 0 Å². The average Bonchev–Trinajstić information content (AvgIpc) is 3.32. The van der Waals surface area contributed by atoms with Crippen LogP contribution >= 0.6 is 0 Å². The van der Waals surface area contributed by atoms with Gasteiger partial charge in [-0.2, -0.15) is 4.98 Å². The summed E-state index contributed by atoms with van der Waals surface area (Å²) in [6.07, 6.45) is 5.06. The molecule has 1 aliphatic heterocycles. The minimum atomic E-state index is -0.000800. The number of nitrogens with zero attached hydrogens (tertiary/aromatic N) is 5. The molecule has 2 aromatic rings. The summed E-state index contributed by atoms with van der Waals surface area (Å²) in [5.41, 5.74) is 0.900. The molecule has 0 N–H and O–H groups in total. The first-order chi connectivity index (χ1) is 13.4. The van der Waals surface area contributed by atoms with E-state index >= 15 is 0 Å². The smallest absolute Gasteiger partial charge is 0.229 e. The first-order valence-corrected chi connectivity index (χ1v) is 9.70. The van der Waals surface area contributed by atoms with Crippen LogP contribution in [0.15, 0.2) is 29.0 Å². The van der Waals surface area contributed by atoms with E-state index < -0.39 is 0 Å². The van der Waals surface area contributed by atoms with Crippen molar-refractivity contribution in [1.82, 2.24) is 24.9 Å². The molecule has 1 fully saturated rings. The van der Waals surface area contributed by atoms with E-state index in [4.69, 9.17) is 4.52 Å². The number of pyridine rings is 1. The number of aromatic nitrogens is 3. The molecule has 0 saturated carbocycles. The molecule has 1 atom stereocenters. The highest BCUT2D eigenvalue weighted by atomic mass is 16.5. The van der Waals surface area contributed by atoms with Crippen molar-refractivity contribution in [2.75, 3.05) is 19.6 Å². The number of hydrogen-bond acceptors (Lipinski definition) is 6. The van der Waals surface area contributed by atoms with E-state index in [0.29, 0.717) is 44.2 Å². The summed E-state index contributed by atoms with van der Waals surface area (Å²) in [6, 6.07) is 3.75. The molecule has 2 aromatic heterocycles. The zero-order valence-electron chi connectivity index (χ0n) is 16.7. The molecule has 0 aliphatic carbocycles. The van der Waals surface area contributed by atoms with Crippen molar-refractivity contribution in [3.63, 3.8) is 0 Å². The number of carbonyl (C=O) groups excluding carboxylic acids is 2. The highest BCUT2D eigenvalue weighted by Gasteiger charge is 2.31. The lowest BCUT2D eigenvalue weighted by Gasteiger charge is -2.27. The van der Waals surface area contributed by atoms with Crippen LogP contribution in [0.1, 0.15) is 50.4 Å². The minimum absolute atomic E-state index is 0.000800. The molecule has 150 valence electrons. The van der Waals surface area contributed by atoms with Crippen LogP contribution in [-0.2, 0) is 22.4 Å². The highest BCUT2D eigenvalue weighted by Crippen LogP contribution is 2.18. The molecule has 0 radical (unpaired) electrons. The fraction of sp³-hybridized carbons (Fsp3) is 0.550. The molecule has 8 nitrogen and oxygen atoms in total. The van der Waals surface area contributed by atoms with Crippen molar-refractivity contribution in [3.8, 4) is 0 Å². The number of likely N-dealkylation sites (tertiary alicyclic amines) is 1. The highest BCUT2D eigenvalue weighted by molar-refractivity contribution is 5.79. The van der Waals surface area contributed by atoms with E-state index in [0.717, 1.165) is 12.0 Å². The Kier molecular flexibility index (Phi) is 6.38. The first-order valence-electron chi connectivity index (χ1n) is 9.70. The third kappa shape index (κ3) is 4.94. The van der Waals surface area contributed by atoms with Crippen LogP contribution in [0, 0.1) is 0 Å². The Labute approximate surface area is 164 Å². The Morgan fingerprint density at radius 1 is 1.39 bits per heavy atom. The molecule has 8 heteroatoms. The monoisotopic (exact) mass is 385 g/mol. The summed E-state index contributed by atoms with van der Waals surface area (Å²) in [4.78, 5) is 36.8. The Morgan fingerprint density at radius 2 is 2.21 bits per heavy atom. The largest absolute Gasteiger partial charge is 0.340 e. The van der Waals surface area contributed by atoms with Crippen LogP contribution in [0.2, 0.25) is 0 Å². The van der Waals surface area contributed by atoms with Gasteiger partial charge in [-0.25, -0.2) is 0 Å². The van der Waals surface area contributed by atoms with E-state index in [1.807, 2.05) is 35.8 Å². The first kappa shape index (κ1) is 20.0. The molecule has 2 amide bonds. The predicted molar refractivity (Wildman–Crippen MR) is 102 cm³/mol. The molecular weight excluding hydrogens is 358 g/mol. The van der Waals surface area contributed by atoms with Gasteiger partial charge >= 0.3 is 0 Å². The van der Waals surface area contributed by atoms with Gasteiger partial charge < -0.3 is 14.3 Å². The fourth-order valence-corrected chi connectivity index (χ4v) is 3.43. The standard InChI is InChI=1S/C20H27N5O3/c1-14(2)20-22-18(23-28-20)7-10-25(15(3)26)17-6-9-24(13-17)19(27)11-16-5-4-8-21-12-16/h4-5,8,12,14,17H,6-7,9-11,13H2,1-3H3. The third-order valence-electron chi connectivity index (χ3n) is 4.99. The summed E-state index contributed by atoms with van der Waals surface area (Å²) in [6.45, 7) is 7.29. The normalized spacial score (nSPS) is 16.6. The summed E-state index contributed by atoms with van der Waals surface area (Å²) in [5.74, 6) is 1.46. The maximum atomic E-state index is 12.6. The van der Waals surface area contributed by atoms with Crippen LogP contribution in [0.25, 0.3) is 0 Å². The molecule has 3 rings (SSSR count). The summed E-state index contributed by atoms with van der Waals surface area (Å²) in [5, 5.41) is 3.99. The lowest BCUT2D eigenvalue weighted by molar-refractivity contribution is -0.133. The van der Waals surface area contributed by atoms with Gasteiger partial charge in [-0.05, 0) is 18.1 Å². The van der Waals surface area contributed by atoms with Crippen LogP contribution < -0.4 is 0 Å². The molecule has 1 aliphatic rings. The van der Waals surface area contributed by atoms with Crippen LogP contribution in [0.5, 0.6) is 0 Å². The van der Waals surface area contributed by atoms with Gasteiger partial charge in [0.05, 0.1) is 12.5 Å². The molecule has 1 unspecified atom stereocenters. The summed E-state index contributed by atoms with van der Waals surface area (Å²) in [7, 11) is 0. The maximum absolute atomic E-state index is 12.6. The Balaban J connectivity index is 1.55. The van der Waals surface area contributed by atoms with Crippen molar-refractivity contribution in [2.45, 2.75) is 52.0 Å². The third-order valence-corrected chi connectivity index (χ3v) is 4.99. The van der Waals surface area contributed by atoms with Gasteiger partial charge in [0.15, 0.2) is 5.82 Å². The van der Waals surface area contributed by atoms with Crippen molar-refractivity contribution < 1.29 is 14.1 Å². The SMILES string of the molecule is CC(=O)N(CCc1noc(C(C)C)n1)C1CCN(C(=O)Cc2cccnc2)C1. The zero-order valence-corrected chi connectivity index (χ0v) is 16.7. The second-order valence-electron chi connectivity index (χ2n) is 7.49.